The van der Waals surface area contributed by atoms with Crippen LogP contribution in [-0.4, -0.2) is 53.9 Å². The topological polar surface area (TPSA) is 60.9 Å². The van der Waals surface area contributed by atoms with Gasteiger partial charge in [0.15, 0.2) is 0 Å². The molecule has 1 saturated carbocycles. The Morgan fingerprint density at radius 1 is 1.26 bits per heavy atom. The van der Waals surface area contributed by atoms with Crippen LogP contribution in [0.3, 0.4) is 0 Å². The first-order valence-electron chi connectivity index (χ1n) is 10.1. The molecule has 0 spiro atoms. The lowest BCUT2D eigenvalue weighted by atomic mass is 9.52. The van der Waals surface area contributed by atoms with Crippen LogP contribution >= 0.6 is 0 Å². The summed E-state index contributed by atoms with van der Waals surface area (Å²) in [5.41, 5.74) is 2.14. The van der Waals surface area contributed by atoms with Gasteiger partial charge in [0.2, 0.25) is 11.8 Å². The fraction of sp³-hybridized carbons (Fsp3) is 0.636. The van der Waals surface area contributed by atoms with Crippen LogP contribution in [-0.2, 0) is 16.0 Å². The quantitative estimate of drug-likeness (QED) is 0.831. The van der Waals surface area contributed by atoms with Gasteiger partial charge in [0.25, 0.3) is 0 Å². The number of benzene rings is 1. The number of carbonyl (C=O) groups is 2. The molecular weight excluding hydrogens is 340 g/mol. The second kappa shape index (κ2) is 6.62. The molecule has 0 aromatic heterocycles. The number of nitrogens with zero attached hydrogens (tertiary/aromatic N) is 2. The van der Waals surface area contributed by atoms with E-state index in [1.54, 1.807) is 6.07 Å². The number of phenolic OH excluding ortho intramolecular Hbond substituents is 1. The molecule has 2 amide bonds. The van der Waals surface area contributed by atoms with E-state index in [2.05, 4.69) is 13.0 Å². The monoisotopic (exact) mass is 370 g/mol. The van der Waals surface area contributed by atoms with Crippen LogP contribution in [0.25, 0.3) is 0 Å². The van der Waals surface area contributed by atoms with Crippen molar-refractivity contribution >= 4 is 11.8 Å². The molecule has 5 nitrogen and oxygen atoms in total. The minimum Gasteiger partial charge on any atom is -0.508 e. The van der Waals surface area contributed by atoms with Crippen LogP contribution in [0.15, 0.2) is 18.2 Å². The summed E-state index contributed by atoms with van der Waals surface area (Å²) in [5.74, 6) is 1.29. The number of imide groups is 1. The fourth-order valence-electron chi connectivity index (χ4n) is 5.78. The highest BCUT2D eigenvalue weighted by Crippen LogP contribution is 2.58. The Hall–Kier alpha value is -1.88. The van der Waals surface area contributed by atoms with E-state index in [1.165, 1.54) is 16.0 Å². The Bertz CT molecular complexity index is 775. The van der Waals surface area contributed by atoms with Gasteiger partial charge in [-0.15, -0.1) is 0 Å². The molecule has 1 saturated heterocycles. The van der Waals surface area contributed by atoms with Crippen molar-refractivity contribution in [2.45, 2.75) is 44.9 Å². The van der Waals surface area contributed by atoms with E-state index < -0.39 is 5.41 Å². The van der Waals surface area contributed by atoms with Crippen molar-refractivity contribution in [3.63, 3.8) is 0 Å². The summed E-state index contributed by atoms with van der Waals surface area (Å²) in [7, 11) is 3.93. The Labute approximate surface area is 161 Å². The van der Waals surface area contributed by atoms with Gasteiger partial charge in [0, 0.05) is 19.5 Å². The summed E-state index contributed by atoms with van der Waals surface area (Å²) >= 11 is 0. The highest BCUT2D eigenvalue weighted by molar-refractivity contribution is 6.01. The van der Waals surface area contributed by atoms with E-state index in [-0.39, 0.29) is 17.7 Å². The van der Waals surface area contributed by atoms with Gasteiger partial charge in [0.1, 0.15) is 5.75 Å². The molecule has 1 aliphatic heterocycles. The molecule has 146 valence electrons. The number of hydrogen-bond donors (Lipinski definition) is 1. The number of fused-ring (bicyclic) bond motifs is 5. The summed E-state index contributed by atoms with van der Waals surface area (Å²) < 4.78 is 0. The summed E-state index contributed by atoms with van der Waals surface area (Å²) in [4.78, 5) is 29.7. The third-order valence-electron chi connectivity index (χ3n) is 7.30. The molecule has 1 aromatic rings. The van der Waals surface area contributed by atoms with Crippen LogP contribution < -0.4 is 0 Å². The van der Waals surface area contributed by atoms with Crippen molar-refractivity contribution in [3.05, 3.63) is 29.3 Å². The van der Waals surface area contributed by atoms with Crippen LogP contribution in [0.2, 0.25) is 0 Å². The summed E-state index contributed by atoms with van der Waals surface area (Å²) in [6.45, 7) is 3.29. The number of rotatable bonds is 3. The normalized spacial score (nSPS) is 32.9. The Morgan fingerprint density at radius 3 is 2.78 bits per heavy atom. The predicted octanol–water partition coefficient (Wildman–Crippen LogP) is 2.78. The van der Waals surface area contributed by atoms with Gasteiger partial charge in [-0.3, -0.25) is 14.5 Å². The molecule has 0 bridgehead atoms. The third kappa shape index (κ3) is 2.96. The SMILES string of the molecule is CN(C)CCN1C(=O)C[C@H]2[C@@H]3CCc4cc(O)ccc4[C@H]3CC[C@]2(C)C1=O. The molecule has 1 heterocycles. The van der Waals surface area contributed by atoms with Gasteiger partial charge in [-0.1, -0.05) is 13.0 Å². The van der Waals surface area contributed by atoms with Crippen molar-refractivity contribution in [2.75, 3.05) is 27.2 Å². The molecular formula is C22H30N2O3. The first-order valence-corrected chi connectivity index (χ1v) is 10.1. The number of carbonyl (C=O) groups excluding carboxylic acids is 2. The number of amides is 2. The second-order valence-electron chi connectivity index (χ2n) is 9.11. The van der Waals surface area contributed by atoms with Gasteiger partial charge in [-0.25, -0.2) is 0 Å². The molecule has 4 atom stereocenters. The minimum atomic E-state index is -0.421. The van der Waals surface area contributed by atoms with E-state index >= 15 is 0 Å². The maximum Gasteiger partial charge on any atom is 0.235 e. The maximum absolute atomic E-state index is 13.3. The van der Waals surface area contributed by atoms with Gasteiger partial charge in [-0.05, 0) is 80.8 Å². The third-order valence-corrected chi connectivity index (χ3v) is 7.30. The average Bonchev–Trinajstić information content (AvgIpc) is 2.62. The predicted molar refractivity (Wildman–Crippen MR) is 103 cm³/mol. The summed E-state index contributed by atoms with van der Waals surface area (Å²) in [5, 5.41) is 9.80. The number of piperidine rings is 1. The molecule has 1 N–H and O–H groups in total. The zero-order valence-electron chi connectivity index (χ0n) is 16.6. The van der Waals surface area contributed by atoms with Crippen LogP contribution in [0.1, 0.15) is 49.7 Å². The number of likely N-dealkylation sites (tertiary alicyclic amines) is 1. The first-order chi connectivity index (χ1) is 12.8. The van der Waals surface area contributed by atoms with E-state index in [4.69, 9.17) is 0 Å². The molecule has 0 radical (unpaired) electrons. The van der Waals surface area contributed by atoms with Gasteiger partial charge in [0.05, 0.1) is 5.41 Å². The lowest BCUT2D eigenvalue weighted by Gasteiger charge is -2.54. The minimum absolute atomic E-state index is 0.00137. The Balaban J connectivity index is 1.61. The lowest BCUT2D eigenvalue weighted by Crippen LogP contribution is -2.60. The highest BCUT2D eigenvalue weighted by atomic mass is 16.3. The molecule has 3 aliphatic rings. The largest absolute Gasteiger partial charge is 0.508 e. The van der Waals surface area contributed by atoms with Crippen molar-refractivity contribution in [2.24, 2.45) is 17.3 Å². The van der Waals surface area contributed by atoms with Crippen molar-refractivity contribution < 1.29 is 14.7 Å². The number of aromatic hydroxyl groups is 1. The van der Waals surface area contributed by atoms with E-state index in [1.807, 2.05) is 25.1 Å². The maximum atomic E-state index is 13.3. The number of hydrogen-bond acceptors (Lipinski definition) is 4. The van der Waals surface area contributed by atoms with Gasteiger partial charge >= 0.3 is 0 Å². The molecule has 27 heavy (non-hydrogen) atoms. The standard InChI is InChI=1S/C22H30N2O3/c1-22-9-8-17-16-7-5-15(25)12-14(16)4-6-18(17)19(22)13-20(26)24(21(22)27)11-10-23(2)3/h5,7,12,17-19,25H,4,6,8-11,13H2,1-3H3/t17-,18-,19+,22+/m1/s1. The van der Waals surface area contributed by atoms with Crippen LogP contribution in [0, 0.1) is 17.3 Å². The average molecular weight is 370 g/mol. The van der Waals surface area contributed by atoms with Crippen molar-refractivity contribution in [1.29, 1.82) is 0 Å². The van der Waals surface area contributed by atoms with Crippen molar-refractivity contribution in [3.8, 4) is 5.75 Å². The summed E-state index contributed by atoms with van der Waals surface area (Å²) in [6.07, 6.45) is 4.23. The molecule has 2 fully saturated rings. The fourth-order valence-corrected chi connectivity index (χ4v) is 5.78. The van der Waals surface area contributed by atoms with E-state index in [0.717, 1.165) is 25.7 Å². The van der Waals surface area contributed by atoms with E-state index in [0.29, 0.717) is 37.1 Å². The number of likely N-dealkylation sites (N-methyl/N-ethyl adjacent to an activating group) is 1. The smallest absolute Gasteiger partial charge is 0.235 e. The van der Waals surface area contributed by atoms with Gasteiger partial charge < -0.3 is 10.0 Å². The number of phenols is 1. The Morgan fingerprint density at radius 2 is 2.04 bits per heavy atom. The number of aryl methyl sites for hydroxylation is 1. The molecule has 1 aromatic carbocycles. The van der Waals surface area contributed by atoms with Crippen molar-refractivity contribution in [1.82, 2.24) is 9.80 Å². The molecule has 5 heteroatoms. The van der Waals surface area contributed by atoms with Gasteiger partial charge in [-0.2, -0.15) is 0 Å². The van der Waals surface area contributed by atoms with E-state index in [9.17, 15) is 14.7 Å². The molecule has 2 aliphatic carbocycles. The second-order valence-corrected chi connectivity index (χ2v) is 9.11. The highest BCUT2D eigenvalue weighted by Gasteiger charge is 2.57. The molecule has 0 unspecified atom stereocenters. The van der Waals surface area contributed by atoms with Crippen LogP contribution in [0.5, 0.6) is 5.75 Å². The Kier molecular flexibility index (Phi) is 4.53. The first kappa shape index (κ1) is 18.5. The lowest BCUT2D eigenvalue weighted by molar-refractivity contribution is -0.167. The zero-order valence-corrected chi connectivity index (χ0v) is 16.6. The zero-order chi connectivity index (χ0) is 19.3. The summed E-state index contributed by atoms with van der Waals surface area (Å²) in [6, 6.07) is 5.72. The molecule has 4 rings (SSSR count). The van der Waals surface area contributed by atoms with Crippen LogP contribution in [0.4, 0.5) is 0 Å².